The van der Waals surface area contributed by atoms with Gasteiger partial charge in [0.05, 0.1) is 12.7 Å². The number of rotatable bonds is 7. The normalized spacial score (nSPS) is 20.7. The molecule has 2 aromatic carbocycles. The largest absolute Gasteiger partial charge is 0.368 e. The van der Waals surface area contributed by atoms with Crippen molar-refractivity contribution in [3.8, 4) is 0 Å². The maximum absolute atomic E-state index is 12.8. The van der Waals surface area contributed by atoms with Gasteiger partial charge in [-0.3, -0.25) is 9.59 Å². The highest BCUT2D eigenvalue weighted by Gasteiger charge is 2.35. The molecule has 1 aliphatic rings. The second-order valence-electron chi connectivity index (χ2n) is 6.44. The molecule has 136 valence electrons. The number of benzene rings is 2. The summed E-state index contributed by atoms with van der Waals surface area (Å²) in [6.45, 7) is 2.16. The smallest absolute Gasteiger partial charge is 0.250 e. The third-order valence-corrected chi connectivity index (χ3v) is 4.45. The monoisotopic (exact) mass is 353 g/mol. The number of carbonyl (C=O) groups excluding carboxylic acids is 2. The van der Waals surface area contributed by atoms with Crippen molar-refractivity contribution in [3.63, 3.8) is 0 Å². The average molecular weight is 353 g/mol. The molecule has 0 aromatic heterocycles. The summed E-state index contributed by atoms with van der Waals surface area (Å²) in [6.07, 6.45) is -0.563. The van der Waals surface area contributed by atoms with Gasteiger partial charge in [0.2, 0.25) is 5.91 Å². The first-order valence-electron chi connectivity index (χ1n) is 8.77. The fourth-order valence-corrected chi connectivity index (χ4v) is 2.93. The molecule has 0 radical (unpaired) electrons. The number of ketones is 1. The van der Waals surface area contributed by atoms with E-state index < -0.39 is 12.1 Å². The minimum absolute atomic E-state index is 0.0420. The van der Waals surface area contributed by atoms with Gasteiger partial charge >= 0.3 is 0 Å². The van der Waals surface area contributed by atoms with Crippen molar-refractivity contribution in [2.45, 2.75) is 38.2 Å². The number of amides is 1. The fourth-order valence-electron chi connectivity index (χ4n) is 2.93. The summed E-state index contributed by atoms with van der Waals surface area (Å²) in [6, 6.07) is 18.8. The molecule has 1 heterocycles. The third kappa shape index (κ3) is 4.77. The van der Waals surface area contributed by atoms with Gasteiger partial charge in [0.15, 0.2) is 5.78 Å². The van der Waals surface area contributed by atoms with Crippen LogP contribution in [0.15, 0.2) is 60.7 Å². The first kappa shape index (κ1) is 18.3. The minimum atomic E-state index is -0.682. The van der Waals surface area contributed by atoms with Crippen LogP contribution in [0.2, 0.25) is 0 Å². The van der Waals surface area contributed by atoms with E-state index in [1.807, 2.05) is 60.7 Å². The zero-order valence-electron chi connectivity index (χ0n) is 14.8. The van der Waals surface area contributed by atoms with E-state index in [1.54, 1.807) is 6.92 Å². The highest BCUT2D eigenvalue weighted by molar-refractivity contribution is 5.93. The molecule has 0 spiro atoms. The second kappa shape index (κ2) is 8.74. The molecule has 1 aliphatic heterocycles. The maximum Gasteiger partial charge on any atom is 0.250 e. The molecule has 1 unspecified atom stereocenters. The van der Waals surface area contributed by atoms with Gasteiger partial charge in [-0.25, -0.2) is 0 Å². The van der Waals surface area contributed by atoms with Gasteiger partial charge in [0.25, 0.3) is 0 Å². The van der Waals surface area contributed by atoms with Crippen LogP contribution in [0, 0.1) is 0 Å². The number of hydrogen-bond acceptors (Lipinski definition) is 4. The van der Waals surface area contributed by atoms with Gasteiger partial charge in [-0.15, -0.1) is 0 Å². The Kier molecular flexibility index (Phi) is 6.15. The lowest BCUT2D eigenvalue weighted by Gasteiger charge is -2.21. The lowest BCUT2D eigenvalue weighted by Crippen LogP contribution is -2.49. The van der Waals surface area contributed by atoms with Gasteiger partial charge in [0.1, 0.15) is 18.8 Å². The Balaban J connectivity index is 1.68. The van der Waals surface area contributed by atoms with Crippen LogP contribution in [0.3, 0.4) is 0 Å². The molecule has 3 rings (SSSR count). The molecule has 0 bridgehead atoms. The second-order valence-corrected chi connectivity index (χ2v) is 6.44. The van der Waals surface area contributed by atoms with Crippen LogP contribution in [0.4, 0.5) is 0 Å². The Morgan fingerprint density at radius 2 is 1.73 bits per heavy atom. The maximum atomic E-state index is 12.8. The molecule has 0 aliphatic carbocycles. The number of hydrogen-bond donors (Lipinski definition) is 1. The van der Waals surface area contributed by atoms with Crippen molar-refractivity contribution in [3.05, 3.63) is 71.8 Å². The van der Waals surface area contributed by atoms with Crippen LogP contribution in [-0.4, -0.2) is 36.5 Å². The van der Waals surface area contributed by atoms with Gasteiger partial charge in [-0.2, -0.15) is 0 Å². The predicted molar refractivity (Wildman–Crippen MR) is 97.5 cm³/mol. The van der Waals surface area contributed by atoms with Crippen molar-refractivity contribution in [1.82, 2.24) is 5.32 Å². The summed E-state index contributed by atoms with van der Waals surface area (Å²) in [5.74, 6) is -0.396. The summed E-state index contributed by atoms with van der Waals surface area (Å²) in [5, 5.41) is 2.80. The summed E-state index contributed by atoms with van der Waals surface area (Å²) in [4.78, 5) is 24.7. The van der Waals surface area contributed by atoms with Crippen molar-refractivity contribution in [2.75, 3.05) is 6.61 Å². The molecular formula is C21H23NO4. The number of carbonyl (C=O) groups is 2. The van der Waals surface area contributed by atoms with Crippen molar-refractivity contribution in [1.29, 1.82) is 0 Å². The number of nitrogens with one attached hydrogen (secondary N) is 1. The lowest BCUT2D eigenvalue weighted by atomic mass is 10.1. The van der Waals surface area contributed by atoms with Crippen LogP contribution in [0.1, 0.15) is 18.1 Å². The van der Waals surface area contributed by atoms with E-state index in [0.29, 0.717) is 13.0 Å². The van der Waals surface area contributed by atoms with E-state index >= 15 is 0 Å². The SMILES string of the molecule is CC1OCC(=O)[C@@H]1NC(=O)[C@H](Cc1ccccc1)OCc1ccccc1. The van der Waals surface area contributed by atoms with Crippen LogP contribution < -0.4 is 5.32 Å². The van der Waals surface area contributed by atoms with Crippen LogP contribution >= 0.6 is 0 Å². The topological polar surface area (TPSA) is 64.6 Å². The highest BCUT2D eigenvalue weighted by Crippen LogP contribution is 2.13. The van der Waals surface area contributed by atoms with Gasteiger partial charge < -0.3 is 14.8 Å². The summed E-state index contributed by atoms with van der Waals surface area (Å²) in [7, 11) is 0. The Morgan fingerprint density at radius 3 is 2.31 bits per heavy atom. The zero-order valence-corrected chi connectivity index (χ0v) is 14.8. The molecule has 5 nitrogen and oxygen atoms in total. The molecule has 3 atom stereocenters. The molecule has 1 fully saturated rings. The number of Topliss-reactive ketones (excluding diaryl/α,β-unsaturated/α-hetero) is 1. The van der Waals surface area contributed by atoms with Gasteiger partial charge in [-0.05, 0) is 18.1 Å². The Bertz CT molecular complexity index is 732. The summed E-state index contributed by atoms with van der Waals surface area (Å²) >= 11 is 0. The minimum Gasteiger partial charge on any atom is -0.368 e. The van der Waals surface area contributed by atoms with E-state index in [9.17, 15) is 9.59 Å². The molecule has 2 aromatic rings. The summed E-state index contributed by atoms with van der Waals surface area (Å²) < 4.78 is 11.2. The first-order chi connectivity index (χ1) is 12.6. The van der Waals surface area contributed by atoms with E-state index in [-0.39, 0.29) is 24.4 Å². The van der Waals surface area contributed by atoms with E-state index in [2.05, 4.69) is 5.32 Å². The Hall–Kier alpha value is -2.50. The highest BCUT2D eigenvalue weighted by atomic mass is 16.5. The standard InChI is InChI=1S/C21H23NO4/c1-15-20(18(23)14-25-15)22-21(24)19(12-16-8-4-2-5-9-16)26-13-17-10-6-3-7-11-17/h2-11,15,19-20H,12-14H2,1H3,(H,22,24)/t15?,19-,20+/m0/s1. The number of ether oxygens (including phenoxy) is 2. The van der Waals surface area contributed by atoms with Crippen molar-refractivity contribution in [2.24, 2.45) is 0 Å². The third-order valence-electron chi connectivity index (χ3n) is 4.45. The quantitative estimate of drug-likeness (QED) is 0.829. The van der Waals surface area contributed by atoms with E-state index in [0.717, 1.165) is 11.1 Å². The fraction of sp³-hybridized carbons (Fsp3) is 0.333. The molecular weight excluding hydrogens is 330 g/mol. The van der Waals surface area contributed by atoms with Crippen molar-refractivity contribution < 1.29 is 19.1 Å². The molecule has 5 heteroatoms. The van der Waals surface area contributed by atoms with Gasteiger partial charge in [-0.1, -0.05) is 60.7 Å². The lowest BCUT2D eigenvalue weighted by molar-refractivity contribution is -0.136. The predicted octanol–water partition coefficient (Wildman–Crippen LogP) is 2.29. The zero-order chi connectivity index (χ0) is 18.4. The van der Waals surface area contributed by atoms with Gasteiger partial charge in [0, 0.05) is 6.42 Å². The van der Waals surface area contributed by atoms with E-state index in [4.69, 9.17) is 9.47 Å². The van der Waals surface area contributed by atoms with Crippen LogP contribution in [-0.2, 0) is 32.1 Å². The van der Waals surface area contributed by atoms with Crippen molar-refractivity contribution >= 4 is 11.7 Å². The van der Waals surface area contributed by atoms with Crippen LogP contribution in [0.25, 0.3) is 0 Å². The molecule has 1 N–H and O–H groups in total. The Labute approximate surface area is 153 Å². The van der Waals surface area contributed by atoms with E-state index in [1.165, 1.54) is 0 Å². The molecule has 1 amide bonds. The first-order valence-corrected chi connectivity index (χ1v) is 8.77. The Morgan fingerprint density at radius 1 is 1.12 bits per heavy atom. The average Bonchev–Trinajstić information content (AvgIpc) is 2.98. The molecule has 0 saturated carbocycles. The molecule has 26 heavy (non-hydrogen) atoms. The molecule has 1 saturated heterocycles. The summed E-state index contributed by atoms with van der Waals surface area (Å²) in [5.41, 5.74) is 2.00. The van der Waals surface area contributed by atoms with Crippen LogP contribution in [0.5, 0.6) is 0 Å².